The number of aliphatic hydroxyl groups excluding tert-OH is 1. The van der Waals surface area contributed by atoms with Crippen molar-refractivity contribution >= 4 is 27.4 Å². The molecule has 2 heterocycles. The minimum absolute atomic E-state index is 0.00440. The second-order valence-corrected chi connectivity index (χ2v) is 4.17. The lowest BCUT2D eigenvalue weighted by atomic mass is 10.3. The predicted molar refractivity (Wildman–Crippen MR) is 60.6 cm³/mol. The molecule has 0 atom stereocenters. The lowest BCUT2D eigenvalue weighted by molar-refractivity contribution is 0.0693. The van der Waals surface area contributed by atoms with E-state index in [1.54, 1.807) is 22.7 Å². The van der Waals surface area contributed by atoms with Gasteiger partial charge in [0.15, 0.2) is 5.69 Å². The fourth-order valence-corrected chi connectivity index (χ4v) is 1.89. The molecule has 0 aliphatic heterocycles. The van der Waals surface area contributed by atoms with Gasteiger partial charge in [0.1, 0.15) is 5.82 Å². The molecular formula is C10H9BrN2O3. The number of aromatic nitrogens is 2. The smallest absolute Gasteiger partial charge is 0.356 e. The first-order chi connectivity index (χ1) is 7.63. The lowest BCUT2D eigenvalue weighted by Gasteiger charge is -1.99. The van der Waals surface area contributed by atoms with Gasteiger partial charge in [-0.05, 0) is 12.1 Å². The van der Waals surface area contributed by atoms with Crippen molar-refractivity contribution in [1.29, 1.82) is 0 Å². The van der Waals surface area contributed by atoms with Gasteiger partial charge >= 0.3 is 5.97 Å². The van der Waals surface area contributed by atoms with Crippen LogP contribution < -0.4 is 0 Å². The first kappa shape index (κ1) is 11.1. The quantitative estimate of drug-likeness (QED) is 0.892. The Hall–Kier alpha value is -1.40. The molecule has 0 radical (unpaired) electrons. The van der Waals surface area contributed by atoms with E-state index in [4.69, 9.17) is 10.2 Å². The second kappa shape index (κ2) is 4.23. The molecule has 0 saturated heterocycles. The average Bonchev–Trinajstić information content (AvgIpc) is 2.57. The van der Waals surface area contributed by atoms with Crippen molar-refractivity contribution in [3.8, 4) is 0 Å². The summed E-state index contributed by atoms with van der Waals surface area (Å²) in [5.41, 5.74) is 0.523. The maximum absolute atomic E-state index is 11.0. The van der Waals surface area contributed by atoms with Gasteiger partial charge in [-0.1, -0.05) is 15.9 Å². The highest BCUT2D eigenvalue weighted by Gasteiger charge is 2.16. The Kier molecular flexibility index (Phi) is 2.93. The molecule has 0 aliphatic carbocycles. The summed E-state index contributed by atoms with van der Waals surface area (Å²) in [6.45, 7) is -0.0613. The molecule has 2 aromatic rings. The van der Waals surface area contributed by atoms with Gasteiger partial charge in [0.25, 0.3) is 0 Å². The number of fused-ring (bicyclic) bond motifs is 1. The van der Waals surface area contributed by atoms with E-state index in [0.29, 0.717) is 17.8 Å². The molecule has 84 valence electrons. The Balaban J connectivity index is 2.71. The third-order valence-electron chi connectivity index (χ3n) is 2.22. The van der Waals surface area contributed by atoms with Crippen molar-refractivity contribution in [2.24, 2.45) is 0 Å². The van der Waals surface area contributed by atoms with Crippen molar-refractivity contribution in [2.45, 2.75) is 6.42 Å². The Labute approximate surface area is 99.5 Å². The lowest BCUT2D eigenvalue weighted by Crippen LogP contribution is -1.98. The molecule has 2 N–H and O–H groups in total. The summed E-state index contributed by atoms with van der Waals surface area (Å²) in [6.07, 6.45) is 2.06. The second-order valence-electron chi connectivity index (χ2n) is 3.26. The molecule has 0 spiro atoms. The molecule has 16 heavy (non-hydrogen) atoms. The van der Waals surface area contributed by atoms with Crippen LogP contribution in [0.25, 0.3) is 5.52 Å². The van der Waals surface area contributed by atoms with E-state index in [1.165, 1.54) is 0 Å². The molecule has 0 aromatic carbocycles. The van der Waals surface area contributed by atoms with Gasteiger partial charge in [-0.3, -0.25) is 0 Å². The maximum atomic E-state index is 11.0. The van der Waals surface area contributed by atoms with Gasteiger partial charge in [0.05, 0.1) is 12.1 Å². The van der Waals surface area contributed by atoms with Crippen LogP contribution in [0.2, 0.25) is 0 Å². The molecule has 2 aromatic heterocycles. The molecule has 5 nitrogen and oxygen atoms in total. The number of nitrogens with zero attached hydrogens (tertiary/aromatic N) is 2. The summed E-state index contributed by atoms with van der Waals surface area (Å²) in [5, 5.41) is 17.9. The zero-order valence-electron chi connectivity index (χ0n) is 8.22. The van der Waals surface area contributed by atoms with Crippen molar-refractivity contribution in [3.63, 3.8) is 0 Å². The van der Waals surface area contributed by atoms with Gasteiger partial charge in [-0.2, -0.15) is 0 Å². The van der Waals surface area contributed by atoms with Crippen LogP contribution in [-0.2, 0) is 6.42 Å². The van der Waals surface area contributed by atoms with E-state index in [9.17, 15) is 4.79 Å². The number of pyridine rings is 1. The van der Waals surface area contributed by atoms with Crippen LogP contribution in [0, 0.1) is 0 Å². The topological polar surface area (TPSA) is 74.8 Å². The third kappa shape index (κ3) is 1.81. The van der Waals surface area contributed by atoms with Crippen molar-refractivity contribution in [3.05, 3.63) is 34.3 Å². The van der Waals surface area contributed by atoms with Crippen molar-refractivity contribution in [2.75, 3.05) is 6.61 Å². The van der Waals surface area contributed by atoms with Crippen LogP contribution in [0.1, 0.15) is 16.3 Å². The van der Waals surface area contributed by atoms with Gasteiger partial charge in [-0.25, -0.2) is 9.78 Å². The molecule has 0 saturated carbocycles. The SMILES string of the molecule is O=C(O)c1nc(CCO)n2ccc(Br)cc12. The number of hydrogen-bond acceptors (Lipinski definition) is 3. The summed E-state index contributed by atoms with van der Waals surface area (Å²) in [6, 6.07) is 3.48. The van der Waals surface area contributed by atoms with E-state index in [0.717, 1.165) is 4.47 Å². The standard InChI is InChI=1S/C10H9BrN2O3/c11-6-1-3-13-7(5-6)9(10(15)16)12-8(13)2-4-14/h1,3,5,14H,2,4H2,(H,15,16). The third-order valence-corrected chi connectivity index (χ3v) is 2.71. The van der Waals surface area contributed by atoms with Crippen LogP contribution in [0.15, 0.2) is 22.8 Å². The monoisotopic (exact) mass is 284 g/mol. The first-order valence-corrected chi connectivity index (χ1v) is 5.43. The Bertz CT molecular complexity index is 550. The Morgan fingerprint density at radius 2 is 2.31 bits per heavy atom. The summed E-state index contributed by atoms with van der Waals surface area (Å²) in [7, 11) is 0. The highest BCUT2D eigenvalue weighted by atomic mass is 79.9. The molecule has 0 aliphatic rings. The number of halogens is 1. The van der Waals surface area contributed by atoms with E-state index in [-0.39, 0.29) is 12.3 Å². The van der Waals surface area contributed by atoms with Gasteiger partial charge < -0.3 is 14.6 Å². The number of carboxylic acids is 1. The minimum Gasteiger partial charge on any atom is -0.476 e. The number of rotatable bonds is 3. The Morgan fingerprint density at radius 3 is 2.94 bits per heavy atom. The molecule has 2 rings (SSSR count). The summed E-state index contributed by atoms with van der Waals surface area (Å²) < 4.78 is 2.46. The van der Waals surface area contributed by atoms with Crippen LogP contribution >= 0.6 is 15.9 Å². The number of aliphatic hydroxyl groups is 1. The zero-order chi connectivity index (χ0) is 11.7. The predicted octanol–water partition coefficient (Wildman–Crippen LogP) is 1.33. The van der Waals surface area contributed by atoms with E-state index >= 15 is 0 Å². The minimum atomic E-state index is -1.07. The number of hydrogen-bond donors (Lipinski definition) is 2. The summed E-state index contributed by atoms with van der Waals surface area (Å²) >= 11 is 3.28. The van der Waals surface area contributed by atoms with Crippen LogP contribution in [-0.4, -0.2) is 32.2 Å². The molecule has 0 bridgehead atoms. The maximum Gasteiger partial charge on any atom is 0.356 e. The summed E-state index contributed by atoms with van der Waals surface area (Å²) in [5.74, 6) is -0.526. The fraction of sp³-hybridized carbons (Fsp3) is 0.200. The number of imidazole rings is 1. The van der Waals surface area contributed by atoms with Gasteiger partial charge in [0, 0.05) is 17.1 Å². The van der Waals surface area contributed by atoms with Gasteiger partial charge in [-0.15, -0.1) is 0 Å². The van der Waals surface area contributed by atoms with Crippen LogP contribution in [0.3, 0.4) is 0 Å². The molecule has 0 fully saturated rings. The first-order valence-electron chi connectivity index (χ1n) is 4.64. The zero-order valence-corrected chi connectivity index (χ0v) is 9.81. The number of carbonyl (C=O) groups is 1. The number of carboxylic acid groups (broad SMARTS) is 1. The van der Waals surface area contributed by atoms with Crippen LogP contribution in [0.5, 0.6) is 0 Å². The molecular weight excluding hydrogens is 276 g/mol. The molecule has 0 amide bonds. The van der Waals surface area contributed by atoms with E-state index in [2.05, 4.69) is 20.9 Å². The van der Waals surface area contributed by atoms with Crippen LogP contribution in [0.4, 0.5) is 0 Å². The molecule has 0 unspecified atom stereocenters. The average molecular weight is 285 g/mol. The highest BCUT2D eigenvalue weighted by molar-refractivity contribution is 9.10. The molecule has 6 heteroatoms. The fourth-order valence-electron chi connectivity index (χ4n) is 1.56. The normalized spacial score (nSPS) is 10.9. The highest BCUT2D eigenvalue weighted by Crippen LogP contribution is 2.18. The van der Waals surface area contributed by atoms with Gasteiger partial charge in [0.2, 0.25) is 0 Å². The largest absolute Gasteiger partial charge is 0.476 e. The van der Waals surface area contributed by atoms with E-state index in [1.807, 2.05) is 0 Å². The summed E-state index contributed by atoms with van der Waals surface area (Å²) in [4.78, 5) is 15.0. The Morgan fingerprint density at radius 1 is 1.56 bits per heavy atom. The van der Waals surface area contributed by atoms with Crippen molar-refractivity contribution < 1.29 is 15.0 Å². The number of aromatic carboxylic acids is 1. The van der Waals surface area contributed by atoms with E-state index < -0.39 is 5.97 Å². The van der Waals surface area contributed by atoms with Crippen molar-refractivity contribution in [1.82, 2.24) is 9.38 Å².